The van der Waals surface area contributed by atoms with Gasteiger partial charge < -0.3 is 20.7 Å². The fourth-order valence-electron chi connectivity index (χ4n) is 3.41. The number of benzene rings is 1. The molecule has 0 aliphatic carbocycles. The van der Waals surface area contributed by atoms with E-state index in [0.717, 1.165) is 37.9 Å². The molecule has 1 aromatic rings. The first-order chi connectivity index (χ1) is 12.6. The third-order valence-electron chi connectivity index (χ3n) is 4.87. The van der Waals surface area contributed by atoms with Crippen molar-refractivity contribution < 1.29 is 14.3 Å². The number of hydrogen-bond donors (Lipinski definition) is 2. The molecule has 0 saturated carbocycles. The molecule has 1 fully saturated rings. The number of hydrogen-bond acceptors (Lipinski definition) is 4. The van der Waals surface area contributed by atoms with Gasteiger partial charge in [-0.25, -0.2) is 4.79 Å². The van der Waals surface area contributed by atoms with Crippen molar-refractivity contribution in [1.82, 2.24) is 10.2 Å². The van der Waals surface area contributed by atoms with E-state index >= 15 is 0 Å². The highest BCUT2D eigenvalue weighted by molar-refractivity contribution is 5.90. The molecule has 0 radical (unpaired) electrons. The molecule has 26 heavy (non-hydrogen) atoms. The van der Waals surface area contributed by atoms with Crippen LogP contribution in [0.3, 0.4) is 0 Å². The van der Waals surface area contributed by atoms with Crippen LogP contribution in [-0.2, 0) is 16.1 Å². The Morgan fingerprint density at radius 3 is 2.77 bits per heavy atom. The third-order valence-corrected chi connectivity index (χ3v) is 4.87. The Balaban J connectivity index is 2.02. The van der Waals surface area contributed by atoms with Gasteiger partial charge in [-0.2, -0.15) is 0 Å². The van der Waals surface area contributed by atoms with Gasteiger partial charge in [0.25, 0.3) is 0 Å². The van der Waals surface area contributed by atoms with Crippen molar-refractivity contribution in [3.05, 3.63) is 35.9 Å². The zero-order valence-electron chi connectivity index (χ0n) is 15.7. The molecule has 1 aliphatic heterocycles. The fourth-order valence-corrected chi connectivity index (χ4v) is 3.41. The molecule has 1 unspecified atom stereocenters. The lowest BCUT2D eigenvalue weighted by molar-refractivity contribution is -0.142. The summed E-state index contributed by atoms with van der Waals surface area (Å²) in [4.78, 5) is 27.3. The summed E-state index contributed by atoms with van der Waals surface area (Å²) in [7, 11) is 0. The van der Waals surface area contributed by atoms with Crippen molar-refractivity contribution in [3.63, 3.8) is 0 Å². The van der Waals surface area contributed by atoms with E-state index in [-0.39, 0.29) is 12.5 Å². The summed E-state index contributed by atoms with van der Waals surface area (Å²) in [5, 5.41) is 2.89. The second-order valence-corrected chi connectivity index (χ2v) is 6.91. The van der Waals surface area contributed by atoms with Crippen LogP contribution in [-0.4, -0.2) is 42.1 Å². The first-order valence-electron chi connectivity index (χ1n) is 9.59. The maximum atomic E-state index is 13.1. The number of alkyl carbamates (subject to hydrolysis) is 1. The van der Waals surface area contributed by atoms with Gasteiger partial charge in [0.05, 0.1) is 0 Å². The SMILES string of the molecule is CCCCN1CCCC(CCCN)(NC(=O)OCc2ccccc2)C1=O. The smallest absolute Gasteiger partial charge is 0.408 e. The molecule has 1 heterocycles. The summed E-state index contributed by atoms with van der Waals surface area (Å²) in [5.74, 6) is 0.00214. The van der Waals surface area contributed by atoms with Crippen LogP contribution >= 0.6 is 0 Å². The second kappa shape index (κ2) is 10.2. The highest BCUT2D eigenvalue weighted by Crippen LogP contribution is 2.28. The number of rotatable bonds is 9. The van der Waals surface area contributed by atoms with Gasteiger partial charge in [-0.3, -0.25) is 4.79 Å². The number of nitrogens with two attached hydrogens (primary N) is 1. The molecule has 1 aromatic carbocycles. The summed E-state index contributed by atoms with van der Waals surface area (Å²) in [6.45, 7) is 4.28. The highest BCUT2D eigenvalue weighted by atomic mass is 16.5. The number of piperidine rings is 1. The number of amides is 2. The summed E-state index contributed by atoms with van der Waals surface area (Å²) in [6.07, 6.45) is 4.20. The standard InChI is InChI=1S/C20H31N3O3/c1-2-3-14-23-15-8-12-20(18(23)24,11-7-13-21)22-19(25)26-16-17-9-5-4-6-10-17/h4-6,9-10H,2-3,7-8,11-16,21H2,1H3,(H,22,25). The minimum Gasteiger partial charge on any atom is -0.445 e. The number of ether oxygens (including phenoxy) is 1. The first kappa shape index (κ1) is 20.2. The predicted molar refractivity (Wildman–Crippen MR) is 102 cm³/mol. The number of nitrogens with one attached hydrogen (secondary N) is 1. The Morgan fingerprint density at radius 2 is 2.08 bits per heavy atom. The zero-order valence-corrected chi connectivity index (χ0v) is 15.7. The number of carbonyl (C=O) groups excluding carboxylic acids is 2. The molecule has 6 nitrogen and oxygen atoms in total. The van der Waals surface area contributed by atoms with Gasteiger partial charge in [0.15, 0.2) is 0 Å². The van der Waals surface area contributed by atoms with E-state index in [4.69, 9.17) is 10.5 Å². The van der Waals surface area contributed by atoms with Crippen molar-refractivity contribution in [2.75, 3.05) is 19.6 Å². The van der Waals surface area contributed by atoms with Crippen LogP contribution in [0.1, 0.15) is 51.0 Å². The largest absolute Gasteiger partial charge is 0.445 e. The average molecular weight is 361 g/mol. The van der Waals surface area contributed by atoms with Crippen molar-refractivity contribution >= 4 is 12.0 Å². The lowest BCUT2D eigenvalue weighted by Crippen LogP contribution is -2.62. The number of unbranched alkanes of at least 4 members (excludes halogenated alkanes) is 1. The van der Waals surface area contributed by atoms with Crippen LogP contribution in [0.15, 0.2) is 30.3 Å². The van der Waals surface area contributed by atoms with Gasteiger partial charge >= 0.3 is 6.09 Å². The molecule has 0 bridgehead atoms. The van der Waals surface area contributed by atoms with Gasteiger partial charge in [0.1, 0.15) is 12.1 Å². The van der Waals surface area contributed by atoms with Crippen molar-refractivity contribution in [2.24, 2.45) is 5.73 Å². The fraction of sp³-hybridized carbons (Fsp3) is 0.600. The molecule has 2 amide bonds. The van der Waals surface area contributed by atoms with E-state index < -0.39 is 11.6 Å². The van der Waals surface area contributed by atoms with E-state index in [0.29, 0.717) is 25.8 Å². The van der Waals surface area contributed by atoms with E-state index in [1.165, 1.54) is 0 Å². The number of likely N-dealkylation sites (tertiary alicyclic amines) is 1. The molecular weight excluding hydrogens is 330 g/mol. The van der Waals surface area contributed by atoms with E-state index in [1.54, 1.807) is 0 Å². The minimum atomic E-state index is -0.890. The number of carbonyl (C=O) groups is 2. The minimum absolute atomic E-state index is 0.00214. The Morgan fingerprint density at radius 1 is 1.31 bits per heavy atom. The van der Waals surface area contributed by atoms with Crippen LogP contribution < -0.4 is 11.1 Å². The van der Waals surface area contributed by atoms with Gasteiger partial charge in [0, 0.05) is 13.1 Å². The van der Waals surface area contributed by atoms with Gasteiger partial charge in [-0.15, -0.1) is 0 Å². The van der Waals surface area contributed by atoms with Crippen LogP contribution in [0.25, 0.3) is 0 Å². The molecule has 144 valence electrons. The lowest BCUT2D eigenvalue weighted by Gasteiger charge is -2.42. The maximum absolute atomic E-state index is 13.1. The molecule has 1 atom stereocenters. The van der Waals surface area contributed by atoms with Crippen molar-refractivity contribution in [1.29, 1.82) is 0 Å². The van der Waals surface area contributed by atoms with E-state index in [2.05, 4.69) is 12.2 Å². The van der Waals surface area contributed by atoms with Gasteiger partial charge in [-0.1, -0.05) is 43.7 Å². The van der Waals surface area contributed by atoms with E-state index in [1.807, 2.05) is 35.2 Å². The predicted octanol–water partition coefficient (Wildman–Crippen LogP) is 2.81. The quantitative estimate of drug-likeness (QED) is 0.708. The van der Waals surface area contributed by atoms with Gasteiger partial charge in [-0.05, 0) is 44.2 Å². The summed E-state index contributed by atoms with van der Waals surface area (Å²) in [6, 6.07) is 9.51. The Hall–Kier alpha value is -2.08. The summed E-state index contributed by atoms with van der Waals surface area (Å²) < 4.78 is 5.35. The Labute approximate surface area is 156 Å². The van der Waals surface area contributed by atoms with Crippen molar-refractivity contribution in [2.45, 2.75) is 57.6 Å². The van der Waals surface area contributed by atoms with E-state index in [9.17, 15) is 9.59 Å². The molecular formula is C20H31N3O3. The topological polar surface area (TPSA) is 84.7 Å². The average Bonchev–Trinajstić information content (AvgIpc) is 2.66. The van der Waals surface area contributed by atoms with Crippen LogP contribution in [0.2, 0.25) is 0 Å². The monoisotopic (exact) mass is 361 g/mol. The maximum Gasteiger partial charge on any atom is 0.408 e. The molecule has 0 spiro atoms. The molecule has 0 aromatic heterocycles. The Kier molecular flexibility index (Phi) is 7.91. The zero-order chi connectivity index (χ0) is 18.8. The Bertz CT molecular complexity index is 579. The second-order valence-electron chi connectivity index (χ2n) is 6.91. The van der Waals surface area contributed by atoms with Crippen molar-refractivity contribution in [3.8, 4) is 0 Å². The number of nitrogens with zero attached hydrogens (tertiary/aromatic N) is 1. The summed E-state index contributed by atoms with van der Waals surface area (Å²) >= 11 is 0. The third kappa shape index (κ3) is 5.46. The molecule has 1 saturated heterocycles. The lowest BCUT2D eigenvalue weighted by atomic mass is 9.83. The molecule has 1 aliphatic rings. The summed E-state index contributed by atoms with van der Waals surface area (Å²) in [5.41, 5.74) is 5.69. The normalized spacial score (nSPS) is 20.1. The highest BCUT2D eigenvalue weighted by Gasteiger charge is 2.44. The molecule has 2 rings (SSSR count). The van der Waals surface area contributed by atoms with Gasteiger partial charge in [0.2, 0.25) is 5.91 Å². The van der Waals surface area contributed by atoms with Crippen LogP contribution in [0.5, 0.6) is 0 Å². The first-order valence-corrected chi connectivity index (χ1v) is 9.59. The molecule has 6 heteroatoms. The van der Waals surface area contributed by atoms with Crippen LogP contribution in [0, 0.1) is 0 Å². The molecule has 3 N–H and O–H groups in total. The van der Waals surface area contributed by atoms with Crippen LogP contribution in [0.4, 0.5) is 4.79 Å².